The second-order valence-electron chi connectivity index (χ2n) is 11.5. The molecule has 2 saturated carbocycles. The number of hydrogen-bond donors (Lipinski definition) is 1. The summed E-state index contributed by atoms with van der Waals surface area (Å²) in [5.41, 5.74) is 4.35. The second kappa shape index (κ2) is 8.98. The molecule has 1 N–H and O–H groups in total. The van der Waals surface area contributed by atoms with E-state index in [0.717, 1.165) is 31.4 Å². The summed E-state index contributed by atoms with van der Waals surface area (Å²) in [6.07, 6.45) is 6.85. The predicted molar refractivity (Wildman–Crippen MR) is 138 cm³/mol. The minimum absolute atomic E-state index is 0.0545. The van der Waals surface area contributed by atoms with E-state index in [-0.39, 0.29) is 29.3 Å². The van der Waals surface area contributed by atoms with Crippen LogP contribution in [0.2, 0.25) is 0 Å². The number of aliphatic hydroxyl groups excluding tert-OH is 1. The van der Waals surface area contributed by atoms with Gasteiger partial charge in [0.25, 0.3) is 0 Å². The Morgan fingerprint density at radius 3 is 2.47 bits per heavy atom. The topological polar surface area (TPSA) is 83.9 Å². The number of Topliss-reactive ketones (excluding diaryl/α,β-unsaturated/α-hetero) is 1. The summed E-state index contributed by atoms with van der Waals surface area (Å²) in [5.74, 6) is -0.171. The van der Waals surface area contributed by atoms with E-state index < -0.39 is 23.6 Å². The maximum atomic E-state index is 13.3. The van der Waals surface area contributed by atoms with Crippen molar-refractivity contribution in [1.29, 1.82) is 0 Å². The summed E-state index contributed by atoms with van der Waals surface area (Å²) in [6.45, 7) is 2.83. The van der Waals surface area contributed by atoms with Gasteiger partial charge in [0.1, 0.15) is 6.61 Å². The molecule has 0 saturated heterocycles. The highest BCUT2D eigenvalue weighted by molar-refractivity contribution is 5.93. The Hall–Kier alpha value is -2.73. The first-order chi connectivity index (χ1) is 17.1. The van der Waals surface area contributed by atoms with Gasteiger partial charge in [-0.3, -0.25) is 14.4 Å². The Balaban J connectivity index is 1.69. The molecule has 6 heteroatoms. The first-order valence-electron chi connectivity index (χ1n) is 13.2. The van der Waals surface area contributed by atoms with Crippen LogP contribution in [0.3, 0.4) is 0 Å². The maximum Gasteiger partial charge on any atom is 0.303 e. The van der Waals surface area contributed by atoms with Gasteiger partial charge in [0.05, 0.1) is 0 Å². The van der Waals surface area contributed by atoms with Crippen LogP contribution in [0.5, 0.6) is 0 Å². The van der Waals surface area contributed by atoms with Crippen LogP contribution in [-0.4, -0.2) is 48.9 Å². The minimum Gasteiger partial charge on any atom is -0.451 e. The summed E-state index contributed by atoms with van der Waals surface area (Å²) in [7, 11) is 4.04. The molecule has 0 bridgehead atoms. The van der Waals surface area contributed by atoms with Gasteiger partial charge < -0.3 is 14.7 Å². The molecule has 192 valence electrons. The van der Waals surface area contributed by atoms with E-state index in [4.69, 9.17) is 4.74 Å². The molecule has 3 unspecified atom stereocenters. The lowest BCUT2D eigenvalue weighted by Crippen LogP contribution is -2.58. The molecule has 5 atom stereocenters. The number of allylic oxidation sites excluding steroid dienone is 4. The number of benzene rings is 1. The number of fused-ring (bicyclic) bond motifs is 4. The molecule has 0 aliphatic heterocycles. The van der Waals surface area contributed by atoms with Gasteiger partial charge in [0, 0.05) is 44.5 Å². The monoisotopic (exact) mass is 491 g/mol. The largest absolute Gasteiger partial charge is 0.451 e. The number of aliphatic hydroxyl groups is 1. The van der Waals surface area contributed by atoms with E-state index >= 15 is 0 Å². The van der Waals surface area contributed by atoms with Crippen molar-refractivity contribution < 1.29 is 24.2 Å². The molecule has 0 heterocycles. The van der Waals surface area contributed by atoms with E-state index in [0.29, 0.717) is 19.3 Å². The number of ketones is 2. The predicted octanol–water partition coefficient (Wildman–Crippen LogP) is 4.52. The third-order valence-corrected chi connectivity index (χ3v) is 9.58. The van der Waals surface area contributed by atoms with Crippen molar-refractivity contribution in [1.82, 2.24) is 0 Å². The molecule has 5 rings (SSSR count). The number of carbonyl (C=O) groups is 3. The van der Waals surface area contributed by atoms with Gasteiger partial charge in [-0.25, -0.2) is 0 Å². The van der Waals surface area contributed by atoms with Crippen molar-refractivity contribution in [3.8, 4) is 0 Å². The van der Waals surface area contributed by atoms with Crippen LogP contribution in [0.25, 0.3) is 0 Å². The summed E-state index contributed by atoms with van der Waals surface area (Å²) in [4.78, 5) is 39.9. The van der Waals surface area contributed by atoms with Gasteiger partial charge in [-0.05, 0) is 85.3 Å². The number of esters is 1. The molecule has 0 spiro atoms. The van der Waals surface area contributed by atoms with Crippen LogP contribution in [0.4, 0.5) is 5.69 Å². The Kier molecular flexibility index (Phi) is 6.22. The number of ether oxygens (including phenoxy) is 1. The maximum absolute atomic E-state index is 13.3. The number of anilines is 1. The zero-order valence-corrected chi connectivity index (χ0v) is 21.8. The number of carbonyl (C=O) groups excluding carboxylic acids is 3. The molecule has 4 aliphatic rings. The molecule has 0 radical (unpaired) electrons. The lowest BCUT2D eigenvalue weighted by molar-refractivity contribution is -0.185. The van der Waals surface area contributed by atoms with Crippen molar-refractivity contribution in [2.24, 2.45) is 17.3 Å². The third kappa shape index (κ3) is 3.68. The van der Waals surface area contributed by atoms with E-state index in [1.54, 1.807) is 0 Å². The Morgan fingerprint density at radius 2 is 1.83 bits per heavy atom. The Morgan fingerprint density at radius 1 is 1.11 bits per heavy atom. The lowest BCUT2D eigenvalue weighted by atomic mass is 9.50. The molecule has 36 heavy (non-hydrogen) atoms. The van der Waals surface area contributed by atoms with Crippen LogP contribution in [0, 0.1) is 17.3 Å². The highest BCUT2D eigenvalue weighted by Crippen LogP contribution is 2.67. The van der Waals surface area contributed by atoms with Gasteiger partial charge in [-0.1, -0.05) is 24.6 Å². The molecule has 0 amide bonds. The fraction of sp³-hybridized carbons (Fsp3) is 0.567. The van der Waals surface area contributed by atoms with Crippen LogP contribution in [0.1, 0.15) is 70.3 Å². The van der Waals surface area contributed by atoms with E-state index in [2.05, 4.69) is 36.1 Å². The Labute approximate surface area is 213 Å². The number of rotatable bonds is 5. The van der Waals surface area contributed by atoms with E-state index in [1.807, 2.05) is 20.2 Å². The average Bonchev–Trinajstić information content (AvgIpc) is 3.14. The average molecular weight is 492 g/mol. The van der Waals surface area contributed by atoms with Crippen molar-refractivity contribution in [2.45, 2.75) is 70.3 Å². The standard InChI is InChI=1S/C30H37NO5/c1-18(33)36-30(27(35)17-32)14-13-26-24-11-7-20-15-22(34)10-12-23(20)28(24)25(16-29(26,30)2)19-5-8-21(9-6-19)31(3)4/h5-6,8-9,15,24-26,32H,7,10-14,16-17H2,1-4H3/t24?,25?,26?,29-,30+/m0/s1. The normalized spacial score (nSPS) is 33.3. The van der Waals surface area contributed by atoms with E-state index in [1.165, 1.54) is 29.2 Å². The molecule has 1 aromatic carbocycles. The highest BCUT2D eigenvalue weighted by Gasteiger charge is 2.67. The van der Waals surface area contributed by atoms with Crippen molar-refractivity contribution in [3.63, 3.8) is 0 Å². The number of hydrogen-bond acceptors (Lipinski definition) is 6. The zero-order chi connectivity index (χ0) is 25.8. The molecule has 4 aliphatic carbocycles. The summed E-state index contributed by atoms with van der Waals surface area (Å²) < 4.78 is 5.93. The third-order valence-electron chi connectivity index (χ3n) is 9.58. The van der Waals surface area contributed by atoms with Crippen LogP contribution in [0.15, 0.2) is 47.1 Å². The molecule has 6 nitrogen and oxygen atoms in total. The SMILES string of the molecule is CC(=O)O[C@@]1(C(=O)CO)CCC2C3CCC4=CC(=O)CCC4=C3C(c3ccc(N(C)C)cc3)C[C@@]21C. The van der Waals surface area contributed by atoms with Crippen molar-refractivity contribution in [2.75, 3.05) is 25.6 Å². The molecule has 1 aromatic rings. The van der Waals surface area contributed by atoms with Gasteiger partial charge in [-0.2, -0.15) is 0 Å². The van der Waals surface area contributed by atoms with Crippen molar-refractivity contribution in [3.05, 3.63) is 52.6 Å². The second-order valence-corrected chi connectivity index (χ2v) is 11.5. The quantitative estimate of drug-likeness (QED) is 0.610. The molecule has 2 fully saturated rings. The Bertz CT molecular complexity index is 1160. The van der Waals surface area contributed by atoms with Crippen LogP contribution >= 0.6 is 0 Å². The highest BCUT2D eigenvalue weighted by atomic mass is 16.6. The van der Waals surface area contributed by atoms with Gasteiger partial charge >= 0.3 is 5.97 Å². The fourth-order valence-electron chi connectivity index (χ4n) is 8.01. The fourth-order valence-corrected chi connectivity index (χ4v) is 8.01. The summed E-state index contributed by atoms with van der Waals surface area (Å²) in [5, 5.41) is 9.96. The smallest absolute Gasteiger partial charge is 0.303 e. The molecule has 0 aromatic heterocycles. The first-order valence-corrected chi connectivity index (χ1v) is 13.2. The molecular formula is C30H37NO5. The van der Waals surface area contributed by atoms with Gasteiger partial charge in [0.2, 0.25) is 5.78 Å². The van der Waals surface area contributed by atoms with E-state index in [9.17, 15) is 19.5 Å². The first kappa shape index (κ1) is 24.9. The van der Waals surface area contributed by atoms with Crippen molar-refractivity contribution >= 4 is 23.2 Å². The summed E-state index contributed by atoms with van der Waals surface area (Å²) >= 11 is 0. The molecular weight excluding hydrogens is 454 g/mol. The van der Waals surface area contributed by atoms with Gasteiger partial charge in [0.15, 0.2) is 11.4 Å². The van der Waals surface area contributed by atoms with Crippen LogP contribution in [-0.2, 0) is 19.1 Å². The summed E-state index contributed by atoms with van der Waals surface area (Å²) in [6, 6.07) is 8.61. The lowest BCUT2D eigenvalue weighted by Gasteiger charge is -2.55. The minimum atomic E-state index is -1.31. The zero-order valence-electron chi connectivity index (χ0n) is 21.8. The van der Waals surface area contributed by atoms with Crippen LogP contribution < -0.4 is 4.90 Å². The van der Waals surface area contributed by atoms with Gasteiger partial charge in [-0.15, -0.1) is 0 Å². The number of nitrogens with zero attached hydrogens (tertiary/aromatic N) is 1.